The molecule has 226 valence electrons. The topological polar surface area (TPSA) is 107 Å². The van der Waals surface area contributed by atoms with Crippen molar-refractivity contribution in [3.8, 4) is 11.5 Å². The van der Waals surface area contributed by atoms with E-state index in [2.05, 4.69) is 5.32 Å². The van der Waals surface area contributed by atoms with Crippen LogP contribution in [0.5, 0.6) is 11.5 Å². The minimum atomic E-state index is -0.801. The van der Waals surface area contributed by atoms with E-state index in [-0.39, 0.29) is 29.1 Å². The number of thiazole rings is 1. The van der Waals surface area contributed by atoms with Gasteiger partial charge >= 0.3 is 4.87 Å². The molecule has 3 heterocycles. The Balaban J connectivity index is 1.30. The Morgan fingerprint density at radius 3 is 2.36 bits per heavy atom. The van der Waals surface area contributed by atoms with Gasteiger partial charge in [-0.25, -0.2) is 4.90 Å². The summed E-state index contributed by atoms with van der Waals surface area (Å²) in [7, 11) is 3.06. The molecule has 0 aliphatic carbocycles. The Labute approximate surface area is 266 Å². The molecule has 0 saturated carbocycles. The van der Waals surface area contributed by atoms with Gasteiger partial charge in [-0.15, -0.1) is 0 Å². The molecule has 3 atom stereocenters. The summed E-state index contributed by atoms with van der Waals surface area (Å²) in [6, 6.07) is 27.6. The number of nitrogens with one attached hydrogen (secondary N) is 1. The highest BCUT2D eigenvalue weighted by molar-refractivity contribution is 8.00. The van der Waals surface area contributed by atoms with Crippen molar-refractivity contribution in [1.82, 2.24) is 4.57 Å². The second-order valence-electron chi connectivity index (χ2n) is 10.7. The van der Waals surface area contributed by atoms with E-state index in [1.807, 2.05) is 54.6 Å². The second kappa shape index (κ2) is 11.6. The van der Waals surface area contributed by atoms with Crippen molar-refractivity contribution < 1.29 is 23.9 Å². The SMILES string of the molecule is COc1ccc(C2c3sc(=O)n(CC(=O)Nc4cccc5ccccc45)c3SC3C(=O)N(c4ccccc4)C(=O)C32)cc1OC. The number of carbonyl (C=O) groups excluding carboxylic acids is 3. The molecule has 0 bridgehead atoms. The molecule has 7 rings (SSSR count). The molecule has 1 aromatic heterocycles. The smallest absolute Gasteiger partial charge is 0.308 e. The number of anilines is 2. The number of aromatic nitrogens is 1. The lowest BCUT2D eigenvalue weighted by Gasteiger charge is -2.31. The van der Waals surface area contributed by atoms with Gasteiger partial charge in [0.15, 0.2) is 11.5 Å². The number of methoxy groups -OCH3 is 2. The van der Waals surface area contributed by atoms with Gasteiger partial charge in [-0.1, -0.05) is 83.8 Å². The van der Waals surface area contributed by atoms with Crippen LogP contribution < -0.4 is 24.6 Å². The molecule has 4 aromatic carbocycles. The van der Waals surface area contributed by atoms with Crippen LogP contribution in [-0.4, -0.2) is 41.8 Å². The minimum Gasteiger partial charge on any atom is -0.493 e. The molecule has 11 heteroatoms. The van der Waals surface area contributed by atoms with Crippen LogP contribution in [0.25, 0.3) is 10.8 Å². The number of thioether (sulfide) groups is 1. The lowest BCUT2D eigenvalue weighted by Crippen LogP contribution is -2.33. The zero-order chi connectivity index (χ0) is 31.2. The number of fused-ring (bicyclic) bond motifs is 3. The quantitative estimate of drug-likeness (QED) is 0.235. The molecule has 1 N–H and O–H groups in total. The largest absolute Gasteiger partial charge is 0.493 e. The third-order valence-corrected chi connectivity index (χ3v) is 10.8. The van der Waals surface area contributed by atoms with Crippen LogP contribution in [0.1, 0.15) is 16.4 Å². The average molecular weight is 638 g/mol. The Kier molecular flexibility index (Phi) is 7.42. The van der Waals surface area contributed by atoms with Crippen LogP contribution >= 0.6 is 23.1 Å². The van der Waals surface area contributed by atoms with Gasteiger partial charge in [0.1, 0.15) is 11.8 Å². The van der Waals surface area contributed by atoms with Crippen LogP contribution in [0.2, 0.25) is 0 Å². The number of para-hydroxylation sites is 1. The number of carbonyl (C=O) groups is 3. The lowest BCUT2D eigenvalue weighted by atomic mass is 9.83. The van der Waals surface area contributed by atoms with Gasteiger partial charge in [0.2, 0.25) is 17.7 Å². The molecule has 1 saturated heterocycles. The van der Waals surface area contributed by atoms with Gasteiger partial charge in [-0.05, 0) is 41.3 Å². The van der Waals surface area contributed by atoms with Crippen molar-refractivity contribution in [3.05, 3.63) is 111 Å². The Hall–Kier alpha value is -4.87. The molecule has 2 aliphatic rings. The van der Waals surface area contributed by atoms with Crippen molar-refractivity contribution in [2.45, 2.75) is 22.7 Å². The molecule has 45 heavy (non-hydrogen) atoms. The summed E-state index contributed by atoms with van der Waals surface area (Å²) in [5, 5.41) is 4.53. The highest BCUT2D eigenvalue weighted by Gasteiger charge is 2.57. The first kappa shape index (κ1) is 28.9. The van der Waals surface area contributed by atoms with Crippen molar-refractivity contribution in [2.24, 2.45) is 5.92 Å². The number of benzene rings is 4. The van der Waals surface area contributed by atoms with E-state index < -0.39 is 17.1 Å². The number of imide groups is 1. The minimum absolute atomic E-state index is 0.249. The fourth-order valence-electron chi connectivity index (χ4n) is 6.16. The predicted octanol–water partition coefficient (Wildman–Crippen LogP) is 5.51. The Morgan fingerprint density at radius 1 is 0.844 bits per heavy atom. The van der Waals surface area contributed by atoms with Crippen LogP contribution in [-0.2, 0) is 20.9 Å². The molecule has 1 fully saturated rings. The van der Waals surface area contributed by atoms with E-state index in [0.717, 1.165) is 22.1 Å². The third-order valence-electron chi connectivity index (χ3n) is 8.20. The second-order valence-corrected chi connectivity index (χ2v) is 12.8. The van der Waals surface area contributed by atoms with Crippen LogP contribution in [0, 0.1) is 5.92 Å². The van der Waals surface area contributed by atoms with Crippen molar-refractivity contribution >= 4 is 63.0 Å². The molecule has 2 aliphatic heterocycles. The highest BCUT2D eigenvalue weighted by Crippen LogP contribution is 2.54. The zero-order valence-electron chi connectivity index (χ0n) is 24.3. The summed E-state index contributed by atoms with van der Waals surface area (Å²) < 4.78 is 12.4. The van der Waals surface area contributed by atoms with Crippen LogP contribution in [0.4, 0.5) is 11.4 Å². The maximum Gasteiger partial charge on any atom is 0.308 e. The fourth-order valence-corrected chi connectivity index (χ4v) is 8.93. The number of rotatable bonds is 7. The summed E-state index contributed by atoms with van der Waals surface area (Å²) in [6.45, 7) is -0.249. The maximum atomic E-state index is 14.1. The van der Waals surface area contributed by atoms with E-state index >= 15 is 0 Å². The zero-order valence-corrected chi connectivity index (χ0v) is 25.9. The molecular weight excluding hydrogens is 611 g/mol. The van der Waals surface area contributed by atoms with E-state index in [1.165, 1.54) is 35.4 Å². The summed E-state index contributed by atoms with van der Waals surface area (Å²) in [4.78, 5) is 56.5. The molecule has 9 nitrogen and oxygen atoms in total. The molecule has 0 radical (unpaired) electrons. The molecule has 3 unspecified atom stereocenters. The predicted molar refractivity (Wildman–Crippen MR) is 175 cm³/mol. The number of ether oxygens (including phenoxy) is 2. The van der Waals surface area contributed by atoms with Crippen molar-refractivity contribution in [2.75, 3.05) is 24.4 Å². The van der Waals surface area contributed by atoms with E-state index in [0.29, 0.717) is 38.3 Å². The first-order valence-corrected chi connectivity index (χ1v) is 15.9. The summed E-state index contributed by atoms with van der Waals surface area (Å²) in [6.07, 6.45) is 0. The maximum absolute atomic E-state index is 14.1. The number of hydrogen-bond acceptors (Lipinski definition) is 8. The van der Waals surface area contributed by atoms with Gasteiger partial charge in [0, 0.05) is 21.9 Å². The van der Waals surface area contributed by atoms with Crippen LogP contribution in [0.3, 0.4) is 0 Å². The molecule has 5 aromatic rings. The monoisotopic (exact) mass is 637 g/mol. The number of nitrogens with zero attached hydrogens (tertiary/aromatic N) is 2. The van der Waals surface area contributed by atoms with Crippen molar-refractivity contribution in [1.29, 1.82) is 0 Å². The number of amides is 3. The third kappa shape index (κ3) is 4.88. The normalized spacial score (nSPS) is 18.9. The van der Waals surface area contributed by atoms with Crippen LogP contribution in [0.15, 0.2) is 101 Å². The summed E-state index contributed by atoms with van der Waals surface area (Å²) >= 11 is 2.17. The first-order valence-electron chi connectivity index (χ1n) is 14.2. The van der Waals surface area contributed by atoms with E-state index in [1.54, 1.807) is 36.4 Å². The first-order chi connectivity index (χ1) is 21.9. The Bertz CT molecular complexity index is 2030. The van der Waals surface area contributed by atoms with Gasteiger partial charge in [-0.2, -0.15) is 0 Å². The summed E-state index contributed by atoms with van der Waals surface area (Å²) in [5.41, 5.74) is 1.83. The molecule has 3 amide bonds. The van der Waals surface area contributed by atoms with E-state index in [9.17, 15) is 19.2 Å². The summed E-state index contributed by atoms with van der Waals surface area (Å²) in [5.74, 6) is -1.50. The van der Waals surface area contributed by atoms with E-state index in [4.69, 9.17) is 9.47 Å². The van der Waals surface area contributed by atoms with Crippen molar-refractivity contribution in [3.63, 3.8) is 0 Å². The highest BCUT2D eigenvalue weighted by atomic mass is 32.2. The average Bonchev–Trinajstić information content (AvgIpc) is 3.51. The Morgan fingerprint density at radius 2 is 1.58 bits per heavy atom. The molecule has 0 spiro atoms. The molecular formula is C34H27N3O6S2. The fraction of sp³-hybridized carbons (Fsp3) is 0.176. The lowest BCUT2D eigenvalue weighted by molar-refractivity contribution is -0.122. The standard InChI is InChI=1S/C34H27N3O6S2/c1-42-24-16-15-20(17-25(24)43-2)27-28-29(32(40)37(31(28)39)21-11-4-3-5-12-21)44-33-30(27)45-34(41)36(33)18-26(38)35-23-14-8-10-19-9-6-7-13-22(19)23/h3-17,27-29H,18H2,1-2H3,(H,35,38). The van der Waals surface area contributed by atoms with Gasteiger partial charge in [-0.3, -0.25) is 23.7 Å². The van der Waals surface area contributed by atoms with Gasteiger partial charge in [0.25, 0.3) is 0 Å². The van der Waals surface area contributed by atoms with Gasteiger partial charge in [0.05, 0.1) is 30.9 Å². The number of hydrogen-bond donors (Lipinski definition) is 1. The van der Waals surface area contributed by atoms with Gasteiger partial charge < -0.3 is 14.8 Å².